The number of hydrogen-bond acceptors (Lipinski definition) is 6. The number of para-hydroxylation sites is 1. The van der Waals surface area contributed by atoms with E-state index >= 15 is 0 Å². The molecule has 1 aliphatic rings. The van der Waals surface area contributed by atoms with Gasteiger partial charge in [-0.05, 0) is 41.8 Å². The first kappa shape index (κ1) is 16.8. The fourth-order valence-corrected chi connectivity index (χ4v) is 4.02. The van der Waals surface area contributed by atoms with Crippen LogP contribution in [0.3, 0.4) is 0 Å². The van der Waals surface area contributed by atoms with Crippen molar-refractivity contribution in [1.29, 1.82) is 0 Å². The first-order valence-electron chi connectivity index (χ1n) is 8.65. The zero-order chi connectivity index (χ0) is 19.1. The van der Waals surface area contributed by atoms with Crippen LogP contribution in [0.2, 0.25) is 0 Å². The molecule has 0 spiro atoms. The molecule has 0 saturated carbocycles. The summed E-state index contributed by atoms with van der Waals surface area (Å²) in [7, 11) is 0. The van der Waals surface area contributed by atoms with Gasteiger partial charge in [0.25, 0.3) is 5.91 Å². The molecule has 0 aliphatic carbocycles. The third kappa shape index (κ3) is 2.87. The van der Waals surface area contributed by atoms with Crippen LogP contribution in [0, 0.1) is 0 Å². The van der Waals surface area contributed by atoms with Gasteiger partial charge in [0.1, 0.15) is 5.75 Å². The van der Waals surface area contributed by atoms with Gasteiger partial charge in [0.15, 0.2) is 23.2 Å². The lowest BCUT2D eigenvalue weighted by Gasteiger charge is -2.18. The Morgan fingerprint density at radius 3 is 2.96 bits per heavy atom. The summed E-state index contributed by atoms with van der Waals surface area (Å²) in [6.07, 6.45) is 0. The number of ether oxygens (including phenoxy) is 1. The van der Waals surface area contributed by atoms with Crippen molar-refractivity contribution in [1.82, 2.24) is 14.6 Å². The second-order valence-electron chi connectivity index (χ2n) is 6.33. The van der Waals surface area contributed by atoms with Crippen LogP contribution in [0.5, 0.6) is 5.75 Å². The minimum atomic E-state index is -0.228. The number of amides is 1. The third-order valence-corrected chi connectivity index (χ3v) is 5.44. The summed E-state index contributed by atoms with van der Waals surface area (Å²) in [5, 5.41) is 12.9. The van der Waals surface area contributed by atoms with Crippen molar-refractivity contribution in [2.24, 2.45) is 0 Å². The molecule has 28 heavy (non-hydrogen) atoms. The molecule has 1 amide bonds. The molecule has 5 rings (SSSR count). The second kappa shape index (κ2) is 6.65. The minimum absolute atomic E-state index is 0.00986. The molecule has 8 heteroatoms. The Bertz CT molecular complexity index is 1250. The lowest BCUT2D eigenvalue weighted by molar-refractivity contribution is -0.118. The number of ketones is 1. The fraction of sp³-hybridized carbons (Fsp3) is 0.100. The molecule has 3 heterocycles. The molecular weight excluding hydrogens is 376 g/mol. The van der Waals surface area contributed by atoms with Crippen molar-refractivity contribution in [3.05, 3.63) is 60.2 Å². The SMILES string of the molecule is O=C1COc2ccc(C(=O)CSc3nnc4ccc5ccccc5n34)cc2N1. The van der Waals surface area contributed by atoms with Gasteiger partial charge in [-0.25, -0.2) is 0 Å². The van der Waals surface area contributed by atoms with E-state index in [0.717, 1.165) is 16.6 Å². The van der Waals surface area contributed by atoms with Crippen LogP contribution in [-0.2, 0) is 4.79 Å². The molecule has 7 nitrogen and oxygen atoms in total. The Morgan fingerprint density at radius 1 is 1.14 bits per heavy atom. The largest absolute Gasteiger partial charge is 0.482 e. The van der Waals surface area contributed by atoms with Crippen LogP contribution in [0.4, 0.5) is 5.69 Å². The average Bonchev–Trinajstić information content (AvgIpc) is 3.15. The van der Waals surface area contributed by atoms with Gasteiger partial charge in [-0.3, -0.25) is 14.0 Å². The summed E-state index contributed by atoms with van der Waals surface area (Å²) in [5.74, 6) is 0.481. The summed E-state index contributed by atoms with van der Waals surface area (Å²) in [6.45, 7) is -0.00986. The van der Waals surface area contributed by atoms with Crippen molar-refractivity contribution < 1.29 is 14.3 Å². The number of nitrogens with zero attached hydrogens (tertiary/aromatic N) is 3. The van der Waals surface area contributed by atoms with Crippen LogP contribution in [0.15, 0.2) is 59.8 Å². The van der Waals surface area contributed by atoms with Gasteiger partial charge >= 0.3 is 0 Å². The molecule has 1 N–H and O–H groups in total. The second-order valence-corrected chi connectivity index (χ2v) is 7.27. The summed E-state index contributed by atoms with van der Waals surface area (Å²) in [5.41, 5.74) is 2.76. The highest BCUT2D eigenvalue weighted by Crippen LogP contribution is 2.29. The van der Waals surface area contributed by atoms with Gasteiger partial charge in [-0.1, -0.05) is 30.0 Å². The van der Waals surface area contributed by atoms with E-state index in [-0.39, 0.29) is 24.1 Å². The van der Waals surface area contributed by atoms with Gasteiger partial charge in [0.2, 0.25) is 0 Å². The highest BCUT2D eigenvalue weighted by atomic mass is 32.2. The summed E-state index contributed by atoms with van der Waals surface area (Å²) in [6, 6.07) is 16.9. The first-order valence-corrected chi connectivity index (χ1v) is 9.63. The first-order chi connectivity index (χ1) is 13.7. The van der Waals surface area contributed by atoms with Crippen molar-refractivity contribution in [2.75, 3.05) is 17.7 Å². The Hall–Kier alpha value is -3.39. The number of pyridine rings is 1. The number of fused-ring (bicyclic) bond motifs is 4. The fourth-order valence-electron chi connectivity index (χ4n) is 3.18. The molecular formula is C20H14N4O3S. The molecule has 0 fully saturated rings. The number of carbonyl (C=O) groups is 2. The van der Waals surface area contributed by atoms with Gasteiger partial charge < -0.3 is 10.1 Å². The number of carbonyl (C=O) groups excluding carboxylic acids is 2. The van der Waals surface area contributed by atoms with Gasteiger partial charge in [-0.15, -0.1) is 10.2 Å². The van der Waals surface area contributed by atoms with Crippen LogP contribution in [0.1, 0.15) is 10.4 Å². The molecule has 2 aromatic heterocycles. The molecule has 0 bridgehead atoms. The van der Waals surface area contributed by atoms with Crippen LogP contribution < -0.4 is 10.1 Å². The maximum atomic E-state index is 12.7. The van der Waals surface area contributed by atoms with E-state index in [0.29, 0.717) is 22.2 Å². The Balaban J connectivity index is 1.41. The Morgan fingerprint density at radius 2 is 2.04 bits per heavy atom. The Labute approximate surface area is 163 Å². The lowest BCUT2D eigenvalue weighted by atomic mass is 10.1. The van der Waals surface area contributed by atoms with E-state index < -0.39 is 0 Å². The number of thioether (sulfide) groups is 1. The average molecular weight is 390 g/mol. The standard InChI is InChI=1S/C20H14N4O3S/c25-16(13-5-7-17-14(9-13)21-19(26)10-27-17)11-28-20-23-22-18-8-6-12-3-1-2-4-15(12)24(18)20/h1-9H,10-11H2,(H,21,26). The van der Waals surface area contributed by atoms with Crippen molar-refractivity contribution >= 4 is 45.7 Å². The number of aromatic nitrogens is 3. The highest BCUT2D eigenvalue weighted by Gasteiger charge is 2.18. The van der Waals surface area contributed by atoms with E-state index in [1.165, 1.54) is 11.8 Å². The van der Waals surface area contributed by atoms with E-state index in [2.05, 4.69) is 15.5 Å². The zero-order valence-corrected chi connectivity index (χ0v) is 15.4. The topological polar surface area (TPSA) is 85.6 Å². The predicted molar refractivity (Wildman–Crippen MR) is 106 cm³/mol. The molecule has 138 valence electrons. The molecule has 2 aromatic carbocycles. The third-order valence-electron chi connectivity index (χ3n) is 4.51. The predicted octanol–water partition coefficient (Wildman–Crippen LogP) is 3.19. The smallest absolute Gasteiger partial charge is 0.262 e. The van der Waals surface area contributed by atoms with Gasteiger partial charge in [0, 0.05) is 5.56 Å². The molecule has 0 unspecified atom stereocenters. The molecule has 0 atom stereocenters. The highest BCUT2D eigenvalue weighted by molar-refractivity contribution is 7.99. The summed E-state index contributed by atoms with van der Waals surface area (Å²) < 4.78 is 7.28. The van der Waals surface area contributed by atoms with E-state index in [9.17, 15) is 9.59 Å². The zero-order valence-electron chi connectivity index (χ0n) is 14.6. The van der Waals surface area contributed by atoms with E-state index in [4.69, 9.17) is 4.74 Å². The number of benzene rings is 2. The number of hydrogen-bond donors (Lipinski definition) is 1. The number of Topliss-reactive ketones (excluding diaryl/α,β-unsaturated/α-hetero) is 1. The Kier molecular flexibility index (Phi) is 3.98. The summed E-state index contributed by atoms with van der Waals surface area (Å²) >= 11 is 1.33. The number of rotatable bonds is 4. The normalized spacial score (nSPS) is 13.2. The minimum Gasteiger partial charge on any atom is -0.482 e. The maximum absolute atomic E-state index is 12.7. The number of anilines is 1. The lowest BCUT2D eigenvalue weighted by Crippen LogP contribution is -2.25. The van der Waals surface area contributed by atoms with Crippen LogP contribution >= 0.6 is 11.8 Å². The van der Waals surface area contributed by atoms with Crippen molar-refractivity contribution in [2.45, 2.75) is 5.16 Å². The maximum Gasteiger partial charge on any atom is 0.262 e. The van der Waals surface area contributed by atoms with Gasteiger partial charge in [0.05, 0.1) is 17.0 Å². The van der Waals surface area contributed by atoms with Gasteiger partial charge in [-0.2, -0.15) is 0 Å². The number of nitrogens with one attached hydrogen (secondary N) is 1. The molecule has 0 saturated heterocycles. The van der Waals surface area contributed by atoms with Crippen molar-refractivity contribution in [3.63, 3.8) is 0 Å². The molecule has 4 aromatic rings. The van der Waals surface area contributed by atoms with Crippen LogP contribution in [-0.4, -0.2) is 38.6 Å². The quantitative estimate of drug-likeness (QED) is 0.425. The van der Waals surface area contributed by atoms with E-state index in [1.807, 2.05) is 40.8 Å². The molecule has 1 aliphatic heterocycles. The monoisotopic (exact) mass is 390 g/mol. The van der Waals surface area contributed by atoms with E-state index in [1.54, 1.807) is 18.2 Å². The van der Waals surface area contributed by atoms with Crippen LogP contribution in [0.25, 0.3) is 16.6 Å². The van der Waals surface area contributed by atoms with Crippen molar-refractivity contribution in [3.8, 4) is 5.75 Å². The molecule has 0 radical (unpaired) electrons. The summed E-state index contributed by atoms with van der Waals surface area (Å²) in [4.78, 5) is 24.2.